The van der Waals surface area contributed by atoms with Crippen molar-refractivity contribution in [3.63, 3.8) is 0 Å². The van der Waals surface area contributed by atoms with Gasteiger partial charge in [0.1, 0.15) is 11.6 Å². The number of fused-ring (bicyclic) bond motifs is 3. The highest BCUT2D eigenvalue weighted by Gasteiger charge is 2.12. The molecule has 110 valence electrons. The monoisotopic (exact) mass is 313 g/mol. The molecule has 3 heterocycles. The van der Waals surface area contributed by atoms with E-state index in [0.717, 1.165) is 16.6 Å². The molecule has 0 saturated heterocycles. The fraction of sp³-hybridized carbons (Fsp3) is 0.154. The molecule has 0 aliphatic carbocycles. The molecule has 0 aliphatic heterocycles. The van der Waals surface area contributed by atoms with Crippen molar-refractivity contribution in [2.45, 2.75) is 17.8 Å². The predicted octanol–water partition coefficient (Wildman–Crippen LogP) is 1.29. The van der Waals surface area contributed by atoms with Gasteiger partial charge in [0, 0.05) is 5.39 Å². The molecule has 3 aromatic heterocycles. The minimum absolute atomic E-state index is 0.316. The number of para-hydroxylation sites is 1. The summed E-state index contributed by atoms with van der Waals surface area (Å²) in [5.74, 6) is 1.74. The van der Waals surface area contributed by atoms with Crippen LogP contribution in [0.15, 0.2) is 34.2 Å². The third kappa shape index (κ3) is 2.15. The van der Waals surface area contributed by atoms with Gasteiger partial charge in [-0.25, -0.2) is 19.9 Å². The van der Waals surface area contributed by atoms with Crippen LogP contribution in [0.2, 0.25) is 0 Å². The molecule has 0 spiro atoms. The molecule has 0 bridgehead atoms. The number of aryl methyl sites for hydroxylation is 1. The van der Waals surface area contributed by atoms with Gasteiger partial charge in [0.05, 0.1) is 11.3 Å². The second kappa shape index (κ2) is 4.95. The molecular formula is C13H11N7OS. The molecule has 0 saturated carbocycles. The van der Waals surface area contributed by atoms with Crippen molar-refractivity contribution in [1.29, 1.82) is 0 Å². The molecule has 4 rings (SSSR count). The number of aromatic amines is 2. The van der Waals surface area contributed by atoms with Crippen LogP contribution < -0.4 is 5.69 Å². The maximum atomic E-state index is 11.1. The predicted molar refractivity (Wildman–Crippen MR) is 81.8 cm³/mol. The Morgan fingerprint density at radius 1 is 1.27 bits per heavy atom. The zero-order valence-corrected chi connectivity index (χ0v) is 12.4. The number of rotatable bonds is 3. The van der Waals surface area contributed by atoms with Gasteiger partial charge in [-0.3, -0.25) is 4.98 Å². The molecule has 0 unspecified atom stereocenters. The summed E-state index contributed by atoms with van der Waals surface area (Å²) in [6, 6.07) is 7.81. The van der Waals surface area contributed by atoms with Crippen LogP contribution in [-0.4, -0.2) is 34.8 Å². The molecular weight excluding hydrogens is 302 g/mol. The lowest BCUT2D eigenvalue weighted by atomic mass is 10.2. The second-order valence-electron chi connectivity index (χ2n) is 4.72. The van der Waals surface area contributed by atoms with Gasteiger partial charge < -0.3 is 0 Å². The lowest BCUT2D eigenvalue weighted by molar-refractivity contribution is 0.796. The number of H-pyrrole nitrogens is 2. The summed E-state index contributed by atoms with van der Waals surface area (Å²) in [6.45, 7) is 1.85. The molecule has 0 aliphatic rings. The van der Waals surface area contributed by atoms with Gasteiger partial charge in [0.15, 0.2) is 10.8 Å². The SMILES string of the molecule is Cc1nc2c3ccccc3nc(SCc3n[nH]c(=O)[nH]3)n2n1. The Labute approximate surface area is 128 Å². The van der Waals surface area contributed by atoms with Crippen molar-refractivity contribution < 1.29 is 0 Å². The first-order valence-corrected chi connectivity index (χ1v) is 7.58. The second-order valence-corrected chi connectivity index (χ2v) is 5.66. The van der Waals surface area contributed by atoms with Crippen LogP contribution in [0.25, 0.3) is 16.6 Å². The van der Waals surface area contributed by atoms with Gasteiger partial charge in [0.25, 0.3) is 0 Å². The van der Waals surface area contributed by atoms with Gasteiger partial charge >= 0.3 is 5.69 Å². The van der Waals surface area contributed by atoms with Gasteiger partial charge in [0.2, 0.25) is 0 Å². The van der Waals surface area contributed by atoms with E-state index in [9.17, 15) is 4.79 Å². The van der Waals surface area contributed by atoms with E-state index in [1.807, 2.05) is 31.2 Å². The number of aromatic nitrogens is 7. The van der Waals surface area contributed by atoms with E-state index in [1.54, 1.807) is 4.52 Å². The van der Waals surface area contributed by atoms with Crippen molar-refractivity contribution in [2.75, 3.05) is 0 Å². The van der Waals surface area contributed by atoms with Crippen LogP contribution in [0.1, 0.15) is 11.6 Å². The van der Waals surface area contributed by atoms with Gasteiger partial charge in [-0.1, -0.05) is 23.9 Å². The first-order chi connectivity index (χ1) is 10.7. The highest BCUT2D eigenvalue weighted by atomic mass is 32.2. The first kappa shape index (κ1) is 13.0. The van der Waals surface area contributed by atoms with Crippen LogP contribution in [0, 0.1) is 6.92 Å². The molecule has 0 atom stereocenters. The minimum Gasteiger partial charge on any atom is -0.292 e. The van der Waals surface area contributed by atoms with E-state index >= 15 is 0 Å². The fourth-order valence-corrected chi connectivity index (χ4v) is 3.05. The topological polar surface area (TPSA) is 105 Å². The maximum absolute atomic E-state index is 11.1. The van der Waals surface area contributed by atoms with E-state index in [2.05, 4.69) is 30.2 Å². The summed E-state index contributed by atoms with van der Waals surface area (Å²) in [5.41, 5.74) is 1.32. The first-order valence-electron chi connectivity index (χ1n) is 6.59. The van der Waals surface area contributed by atoms with Gasteiger partial charge in [-0.05, 0) is 19.1 Å². The molecule has 2 N–H and O–H groups in total. The molecule has 0 radical (unpaired) electrons. The number of nitrogens with zero attached hydrogens (tertiary/aromatic N) is 5. The van der Waals surface area contributed by atoms with Crippen LogP contribution in [0.4, 0.5) is 0 Å². The maximum Gasteiger partial charge on any atom is 0.340 e. The fourth-order valence-electron chi connectivity index (χ4n) is 2.23. The molecule has 1 aromatic carbocycles. The third-order valence-corrected chi connectivity index (χ3v) is 4.08. The Morgan fingerprint density at radius 2 is 2.14 bits per heavy atom. The summed E-state index contributed by atoms with van der Waals surface area (Å²) < 4.78 is 1.73. The van der Waals surface area contributed by atoms with Crippen molar-refractivity contribution in [2.24, 2.45) is 0 Å². The van der Waals surface area contributed by atoms with E-state index in [-0.39, 0.29) is 5.69 Å². The van der Waals surface area contributed by atoms with Crippen molar-refractivity contribution in [3.05, 3.63) is 46.4 Å². The molecule has 4 aromatic rings. The summed E-state index contributed by atoms with van der Waals surface area (Å²) in [7, 11) is 0. The number of benzene rings is 1. The quantitative estimate of drug-likeness (QED) is 0.436. The summed E-state index contributed by atoms with van der Waals surface area (Å²) >= 11 is 1.44. The minimum atomic E-state index is -0.316. The number of hydrogen-bond acceptors (Lipinski definition) is 6. The smallest absolute Gasteiger partial charge is 0.292 e. The Bertz CT molecular complexity index is 1030. The van der Waals surface area contributed by atoms with Crippen LogP contribution in [0.3, 0.4) is 0 Å². The molecule has 0 amide bonds. The standard InChI is InChI=1S/C13H11N7OS/c1-7-14-11-8-4-2-3-5-9(8)15-13(20(11)19-7)22-6-10-16-12(21)18-17-10/h2-5H,6H2,1H3,(H2,16,17,18,21). The summed E-state index contributed by atoms with van der Waals surface area (Å²) in [4.78, 5) is 22.8. The van der Waals surface area contributed by atoms with E-state index in [0.29, 0.717) is 22.6 Å². The van der Waals surface area contributed by atoms with Gasteiger partial charge in [-0.15, -0.1) is 5.10 Å². The molecule has 8 nitrogen and oxygen atoms in total. The molecule has 9 heteroatoms. The Morgan fingerprint density at radius 3 is 2.95 bits per heavy atom. The van der Waals surface area contributed by atoms with Crippen LogP contribution in [0.5, 0.6) is 0 Å². The number of hydrogen-bond donors (Lipinski definition) is 2. The Hall–Kier alpha value is -2.68. The van der Waals surface area contributed by atoms with Crippen LogP contribution in [-0.2, 0) is 5.75 Å². The van der Waals surface area contributed by atoms with Gasteiger partial charge in [-0.2, -0.15) is 9.61 Å². The zero-order chi connectivity index (χ0) is 15.1. The average molecular weight is 313 g/mol. The molecule has 22 heavy (non-hydrogen) atoms. The highest BCUT2D eigenvalue weighted by molar-refractivity contribution is 7.98. The lowest BCUT2D eigenvalue weighted by Gasteiger charge is -2.04. The van der Waals surface area contributed by atoms with Crippen LogP contribution >= 0.6 is 11.8 Å². The average Bonchev–Trinajstić information content (AvgIpc) is 3.10. The zero-order valence-electron chi connectivity index (χ0n) is 11.6. The third-order valence-electron chi connectivity index (χ3n) is 3.14. The molecule has 0 fully saturated rings. The Kier molecular flexibility index (Phi) is 2.93. The van der Waals surface area contributed by atoms with E-state index < -0.39 is 0 Å². The van der Waals surface area contributed by atoms with E-state index in [1.165, 1.54) is 11.8 Å². The number of thioether (sulfide) groups is 1. The van der Waals surface area contributed by atoms with E-state index in [4.69, 9.17) is 0 Å². The normalized spacial score (nSPS) is 11.5. The summed E-state index contributed by atoms with van der Waals surface area (Å²) in [5, 5.41) is 12.3. The van der Waals surface area contributed by atoms with Crippen molar-refractivity contribution in [1.82, 2.24) is 34.8 Å². The number of nitrogens with one attached hydrogen (secondary N) is 2. The van der Waals surface area contributed by atoms with Crippen molar-refractivity contribution in [3.8, 4) is 0 Å². The Balaban J connectivity index is 1.82. The largest absolute Gasteiger partial charge is 0.340 e. The summed E-state index contributed by atoms with van der Waals surface area (Å²) in [6.07, 6.45) is 0. The lowest BCUT2D eigenvalue weighted by Crippen LogP contribution is -2.01. The van der Waals surface area contributed by atoms with Crippen molar-refractivity contribution >= 4 is 28.3 Å². The highest BCUT2D eigenvalue weighted by Crippen LogP contribution is 2.25.